The molecule has 2 heterocycles. The van der Waals surface area contributed by atoms with E-state index in [-0.39, 0.29) is 30.4 Å². The smallest absolute Gasteiger partial charge is 0.253 e. The third-order valence-electron chi connectivity index (χ3n) is 5.81. The number of carbonyl (C=O) groups excluding carboxylic acids is 2. The molecule has 0 bridgehead atoms. The number of rotatable bonds is 5. The van der Waals surface area contributed by atoms with Crippen molar-refractivity contribution in [2.45, 2.75) is 31.2 Å². The molecule has 2 aliphatic rings. The molecule has 1 saturated heterocycles. The lowest BCUT2D eigenvalue weighted by atomic mass is 9.99. The summed E-state index contributed by atoms with van der Waals surface area (Å²) in [6.45, 7) is 1.03. The Kier molecular flexibility index (Phi) is 5.17. The number of ether oxygens (including phenoxy) is 1. The van der Waals surface area contributed by atoms with Crippen molar-refractivity contribution in [2.24, 2.45) is 7.05 Å². The Labute approximate surface area is 164 Å². The van der Waals surface area contributed by atoms with Crippen LogP contribution in [0.4, 0.5) is 0 Å². The van der Waals surface area contributed by atoms with E-state index in [0.717, 1.165) is 30.5 Å². The maximum atomic E-state index is 13.2. The van der Waals surface area contributed by atoms with Crippen LogP contribution in [0.2, 0.25) is 0 Å². The van der Waals surface area contributed by atoms with Gasteiger partial charge in [-0.3, -0.25) is 14.3 Å². The van der Waals surface area contributed by atoms with E-state index >= 15 is 0 Å². The van der Waals surface area contributed by atoms with Gasteiger partial charge in [0.2, 0.25) is 5.91 Å². The van der Waals surface area contributed by atoms with E-state index in [0.29, 0.717) is 13.1 Å². The standard InChI is InChI=1S/C21H26N4O3/c1-24-19(8-9-22-24)17-11-25(12-18(17)23-20(26)13-28-2)21(27)16-7-6-14-4-3-5-15(14)10-16/h6-10,17-18H,3-5,11-13H2,1-2H3,(H,23,26)/t17-,18-/m1/s1. The first-order valence-electron chi connectivity index (χ1n) is 9.74. The number of carbonyl (C=O) groups is 2. The Bertz CT molecular complexity index is 892. The molecule has 0 unspecified atom stereocenters. The Morgan fingerprint density at radius 3 is 2.79 bits per heavy atom. The molecule has 7 nitrogen and oxygen atoms in total. The first-order chi connectivity index (χ1) is 13.6. The van der Waals surface area contributed by atoms with Crippen LogP contribution < -0.4 is 5.32 Å². The van der Waals surface area contributed by atoms with Crippen molar-refractivity contribution in [3.05, 3.63) is 52.8 Å². The van der Waals surface area contributed by atoms with Crippen LogP contribution in [0.15, 0.2) is 30.5 Å². The number of amides is 2. The summed E-state index contributed by atoms with van der Waals surface area (Å²) in [7, 11) is 3.38. The van der Waals surface area contributed by atoms with Crippen LogP contribution in [0.1, 0.15) is 39.5 Å². The van der Waals surface area contributed by atoms with Crippen molar-refractivity contribution < 1.29 is 14.3 Å². The number of aryl methyl sites for hydroxylation is 3. The van der Waals surface area contributed by atoms with Crippen LogP contribution in [0, 0.1) is 0 Å². The highest BCUT2D eigenvalue weighted by Gasteiger charge is 2.38. The summed E-state index contributed by atoms with van der Waals surface area (Å²) in [6, 6.07) is 7.84. The molecule has 2 amide bonds. The van der Waals surface area contributed by atoms with Crippen molar-refractivity contribution >= 4 is 11.8 Å². The molecule has 4 rings (SSSR count). The van der Waals surface area contributed by atoms with Crippen LogP contribution in [-0.4, -0.2) is 59.3 Å². The number of likely N-dealkylation sites (tertiary alicyclic amines) is 1. The van der Waals surface area contributed by atoms with E-state index in [1.807, 2.05) is 34.8 Å². The first kappa shape index (κ1) is 18.7. The van der Waals surface area contributed by atoms with E-state index in [1.165, 1.54) is 18.2 Å². The zero-order valence-corrected chi connectivity index (χ0v) is 16.4. The number of fused-ring (bicyclic) bond motifs is 1. The van der Waals surface area contributed by atoms with Gasteiger partial charge in [0, 0.05) is 50.6 Å². The average molecular weight is 382 g/mol. The van der Waals surface area contributed by atoms with Crippen molar-refractivity contribution in [2.75, 3.05) is 26.8 Å². The van der Waals surface area contributed by atoms with E-state index in [1.54, 1.807) is 6.20 Å². The van der Waals surface area contributed by atoms with Crippen LogP contribution >= 0.6 is 0 Å². The van der Waals surface area contributed by atoms with Crippen molar-refractivity contribution in [1.29, 1.82) is 0 Å². The molecular weight excluding hydrogens is 356 g/mol. The Morgan fingerprint density at radius 2 is 2.04 bits per heavy atom. The number of hydrogen-bond acceptors (Lipinski definition) is 4. The Hall–Kier alpha value is -2.67. The van der Waals surface area contributed by atoms with E-state index in [9.17, 15) is 9.59 Å². The number of nitrogens with one attached hydrogen (secondary N) is 1. The zero-order chi connectivity index (χ0) is 19.7. The fraction of sp³-hybridized carbons (Fsp3) is 0.476. The van der Waals surface area contributed by atoms with E-state index < -0.39 is 0 Å². The third kappa shape index (κ3) is 3.54. The molecule has 0 radical (unpaired) electrons. The minimum absolute atomic E-state index is 0.00732. The number of hydrogen-bond donors (Lipinski definition) is 1. The molecule has 7 heteroatoms. The van der Waals surface area contributed by atoms with Crippen LogP contribution in [-0.2, 0) is 29.4 Å². The average Bonchev–Trinajstić information content (AvgIpc) is 3.40. The summed E-state index contributed by atoms with van der Waals surface area (Å²) < 4.78 is 6.75. The highest BCUT2D eigenvalue weighted by Crippen LogP contribution is 2.29. The number of methoxy groups -OCH3 is 1. The molecule has 1 N–H and O–H groups in total. The summed E-state index contributed by atoms with van der Waals surface area (Å²) in [5.41, 5.74) is 4.38. The molecule has 0 spiro atoms. The van der Waals surface area contributed by atoms with Gasteiger partial charge in [0.1, 0.15) is 6.61 Å². The van der Waals surface area contributed by atoms with Gasteiger partial charge in [-0.2, -0.15) is 5.10 Å². The van der Waals surface area contributed by atoms with Crippen LogP contribution in [0.25, 0.3) is 0 Å². The lowest BCUT2D eigenvalue weighted by molar-refractivity contribution is -0.125. The van der Waals surface area contributed by atoms with Gasteiger partial charge in [-0.15, -0.1) is 0 Å². The minimum Gasteiger partial charge on any atom is -0.375 e. The second-order valence-corrected chi connectivity index (χ2v) is 7.64. The van der Waals surface area contributed by atoms with Gasteiger partial charge >= 0.3 is 0 Å². The van der Waals surface area contributed by atoms with Gasteiger partial charge in [0.05, 0.1) is 6.04 Å². The number of benzene rings is 1. The molecule has 2 atom stereocenters. The fourth-order valence-electron chi connectivity index (χ4n) is 4.43. The van der Waals surface area contributed by atoms with Crippen molar-refractivity contribution in [3.8, 4) is 0 Å². The van der Waals surface area contributed by atoms with E-state index in [4.69, 9.17) is 4.74 Å². The molecule has 2 aromatic rings. The number of aromatic nitrogens is 2. The normalized spacial score (nSPS) is 21.0. The minimum atomic E-state index is -0.175. The quantitative estimate of drug-likeness (QED) is 0.845. The van der Waals surface area contributed by atoms with Gasteiger partial charge in [-0.05, 0) is 48.6 Å². The van der Waals surface area contributed by atoms with Gasteiger partial charge in [0.15, 0.2) is 0 Å². The summed E-state index contributed by atoms with van der Waals surface area (Å²) in [6.07, 6.45) is 5.05. The van der Waals surface area contributed by atoms with Gasteiger partial charge in [-0.25, -0.2) is 0 Å². The monoisotopic (exact) mass is 382 g/mol. The van der Waals surface area contributed by atoms with Crippen molar-refractivity contribution in [3.63, 3.8) is 0 Å². The molecule has 148 valence electrons. The SMILES string of the molecule is COCC(=O)N[C@@H]1CN(C(=O)c2ccc3c(c2)CCC3)C[C@H]1c1ccnn1C. The molecular formula is C21H26N4O3. The predicted octanol–water partition coefficient (Wildman–Crippen LogP) is 1.28. The van der Waals surface area contributed by atoms with Gasteiger partial charge in [-0.1, -0.05) is 6.07 Å². The Balaban J connectivity index is 1.55. The maximum Gasteiger partial charge on any atom is 0.253 e. The van der Waals surface area contributed by atoms with E-state index in [2.05, 4.69) is 16.5 Å². The molecule has 0 saturated carbocycles. The number of nitrogens with zero attached hydrogens (tertiary/aromatic N) is 3. The van der Waals surface area contributed by atoms with Crippen LogP contribution in [0.5, 0.6) is 0 Å². The lowest BCUT2D eigenvalue weighted by Gasteiger charge is -2.19. The van der Waals surface area contributed by atoms with Crippen LogP contribution in [0.3, 0.4) is 0 Å². The lowest BCUT2D eigenvalue weighted by Crippen LogP contribution is -2.42. The molecule has 28 heavy (non-hydrogen) atoms. The first-order valence-corrected chi connectivity index (χ1v) is 9.74. The zero-order valence-electron chi connectivity index (χ0n) is 16.4. The summed E-state index contributed by atoms with van der Waals surface area (Å²) in [5, 5.41) is 7.28. The summed E-state index contributed by atoms with van der Waals surface area (Å²) >= 11 is 0. The molecule has 1 aliphatic carbocycles. The highest BCUT2D eigenvalue weighted by atomic mass is 16.5. The summed E-state index contributed by atoms with van der Waals surface area (Å²) in [4.78, 5) is 27.1. The predicted molar refractivity (Wildman–Crippen MR) is 104 cm³/mol. The topological polar surface area (TPSA) is 76.5 Å². The van der Waals surface area contributed by atoms with Gasteiger partial charge < -0.3 is 15.0 Å². The third-order valence-corrected chi connectivity index (χ3v) is 5.81. The van der Waals surface area contributed by atoms with Crippen molar-refractivity contribution in [1.82, 2.24) is 20.0 Å². The molecule has 1 aromatic carbocycles. The molecule has 1 aromatic heterocycles. The second kappa shape index (κ2) is 7.75. The largest absolute Gasteiger partial charge is 0.375 e. The van der Waals surface area contributed by atoms with Gasteiger partial charge in [0.25, 0.3) is 5.91 Å². The second-order valence-electron chi connectivity index (χ2n) is 7.64. The fourth-order valence-corrected chi connectivity index (χ4v) is 4.43. The molecule has 1 fully saturated rings. The maximum absolute atomic E-state index is 13.2. The highest BCUT2D eigenvalue weighted by molar-refractivity contribution is 5.95. The Morgan fingerprint density at radius 1 is 1.21 bits per heavy atom. The summed E-state index contributed by atoms with van der Waals surface area (Å²) in [5.74, 6) is -0.163. The molecule has 1 aliphatic heterocycles.